The molecule has 3 rings (SSSR count). The molecular weight excluding hydrogens is 236 g/mol. The zero-order chi connectivity index (χ0) is 13.5. The molecule has 1 amide bonds. The Morgan fingerprint density at radius 3 is 2.79 bits per heavy atom. The monoisotopic (exact) mass is 258 g/mol. The fraction of sp³-hybridized carbons (Fsp3) is 0.562. The van der Waals surface area contributed by atoms with Crippen LogP contribution in [0.15, 0.2) is 18.2 Å². The highest BCUT2D eigenvalue weighted by Crippen LogP contribution is 2.39. The van der Waals surface area contributed by atoms with Gasteiger partial charge in [-0.05, 0) is 68.2 Å². The lowest BCUT2D eigenvalue weighted by Crippen LogP contribution is -2.53. The largest absolute Gasteiger partial charge is 0.345 e. The molecule has 0 spiro atoms. The highest BCUT2D eigenvalue weighted by Gasteiger charge is 2.41. The molecule has 3 nitrogen and oxygen atoms in total. The molecule has 1 saturated carbocycles. The predicted molar refractivity (Wildman–Crippen MR) is 76.1 cm³/mol. The van der Waals surface area contributed by atoms with E-state index in [2.05, 4.69) is 24.4 Å². The number of nitrogens with two attached hydrogens (primary N) is 1. The van der Waals surface area contributed by atoms with Crippen molar-refractivity contribution in [2.24, 2.45) is 11.7 Å². The van der Waals surface area contributed by atoms with Gasteiger partial charge in [0.1, 0.15) is 0 Å². The van der Waals surface area contributed by atoms with E-state index in [0.29, 0.717) is 12.5 Å². The summed E-state index contributed by atoms with van der Waals surface area (Å²) < 4.78 is 0. The lowest BCUT2D eigenvalue weighted by molar-refractivity contribution is 0.0897. The maximum absolute atomic E-state index is 12.4. The molecule has 1 fully saturated rings. The van der Waals surface area contributed by atoms with Crippen molar-refractivity contribution >= 4 is 5.91 Å². The zero-order valence-electron chi connectivity index (χ0n) is 11.5. The number of hydrogen-bond donors (Lipinski definition) is 2. The molecule has 2 aliphatic carbocycles. The van der Waals surface area contributed by atoms with E-state index in [1.54, 1.807) is 0 Å². The summed E-state index contributed by atoms with van der Waals surface area (Å²) in [4.78, 5) is 12.4. The topological polar surface area (TPSA) is 55.1 Å². The maximum atomic E-state index is 12.4. The second-order valence-electron chi connectivity index (χ2n) is 6.19. The van der Waals surface area contributed by atoms with Gasteiger partial charge in [0.2, 0.25) is 0 Å². The smallest absolute Gasteiger partial charge is 0.251 e. The number of fused-ring (bicyclic) bond motifs is 1. The van der Waals surface area contributed by atoms with Crippen LogP contribution in [0.5, 0.6) is 0 Å². The summed E-state index contributed by atoms with van der Waals surface area (Å²) in [6.07, 6.45) is 5.83. The molecule has 1 aromatic rings. The molecular formula is C16H22N2O. The number of rotatable bonds is 4. The molecule has 2 aliphatic rings. The molecule has 3 N–H and O–H groups in total. The number of carbonyl (C=O) groups excluding carboxylic acids is 1. The van der Waals surface area contributed by atoms with Crippen LogP contribution < -0.4 is 11.1 Å². The van der Waals surface area contributed by atoms with Crippen LogP contribution in [0.1, 0.15) is 47.7 Å². The van der Waals surface area contributed by atoms with Gasteiger partial charge < -0.3 is 11.1 Å². The molecule has 0 radical (unpaired) electrons. The van der Waals surface area contributed by atoms with Crippen LogP contribution in [0, 0.1) is 5.92 Å². The van der Waals surface area contributed by atoms with Crippen LogP contribution >= 0.6 is 0 Å². The average Bonchev–Trinajstić information content (AvgIpc) is 3.17. The number of nitrogens with one attached hydrogen (secondary N) is 1. The van der Waals surface area contributed by atoms with E-state index < -0.39 is 0 Å². The van der Waals surface area contributed by atoms with Crippen molar-refractivity contribution in [3.8, 4) is 0 Å². The van der Waals surface area contributed by atoms with Crippen LogP contribution in [-0.4, -0.2) is 18.0 Å². The van der Waals surface area contributed by atoms with E-state index in [1.807, 2.05) is 6.07 Å². The Balaban J connectivity index is 1.76. The molecule has 0 saturated heterocycles. The third-order valence-electron chi connectivity index (χ3n) is 4.66. The molecule has 1 unspecified atom stereocenters. The van der Waals surface area contributed by atoms with Crippen LogP contribution in [0.4, 0.5) is 0 Å². The first kappa shape index (κ1) is 12.7. The Bertz CT molecular complexity index is 507. The van der Waals surface area contributed by atoms with Crippen molar-refractivity contribution in [2.75, 3.05) is 6.54 Å². The fourth-order valence-corrected chi connectivity index (χ4v) is 3.08. The molecule has 1 aromatic carbocycles. The number of benzene rings is 1. The summed E-state index contributed by atoms with van der Waals surface area (Å²) in [5, 5.41) is 3.15. The number of aryl methyl sites for hydroxylation is 2. The highest BCUT2D eigenvalue weighted by molar-refractivity contribution is 5.95. The van der Waals surface area contributed by atoms with Gasteiger partial charge in [-0.25, -0.2) is 0 Å². The quantitative estimate of drug-likeness (QED) is 0.868. The average molecular weight is 258 g/mol. The second kappa shape index (κ2) is 4.64. The molecule has 3 heteroatoms. The van der Waals surface area contributed by atoms with Gasteiger partial charge in [0.25, 0.3) is 5.91 Å². The van der Waals surface area contributed by atoms with Gasteiger partial charge >= 0.3 is 0 Å². The molecule has 102 valence electrons. The van der Waals surface area contributed by atoms with Gasteiger partial charge in [-0.15, -0.1) is 0 Å². The van der Waals surface area contributed by atoms with Crippen molar-refractivity contribution in [3.05, 3.63) is 34.9 Å². The van der Waals surface area contributed by atoms with Crippen molar-refractivity contribution in [2.45, 2.75) is 44.6 Å². The van der Waals surface area contributed by atoms with Crippen molar-refractivity contribution in [3.63, 3.8) is 0 Å². The summed E-state index contributed by atoms with van der Waals surface area (Å²) in [5.74, 6) is 0.574. The first-order valence-electron chi connectivity index (χ1n) is 7.27. The second-order valence-corrected chi connectivity index (χ2v) is 6.19. The van der Waals surface area contributed by atoms with Gasteiger partial charge in [0.15, 0.2) is 0 Å². The molecule has 1 atom stereocenters. The minimum atomic E-state index is -0.240. The maximum Gasteiger partial charge on any atom is 0.251 e. The van der Waals surface area contributed by atoms with Gasteiger partial charge in [-0.2, -0.15) is 0 Å². The highest BCUT2D eigenvalue weighted by atomic mass is 16.1. The van der Waals surface area contributed by atoms with Gasteiger partial charge in [0.05, 0.1) is 5.54 Å². The minimum Gasteiger partial charge on any atom is -0.345 e. The van der Waals surface area contributed by atoms with Crippen LogP contribution in [0.3, 0.4) is 0 Å². The minimum absolute atomic E-state index is 0.0227. The Morgan fingerprint density at radius 1 is 1.37 bits per heavy atom. The predicted octanol–water partition coefficient (Wildman–Crippen LogP) is 2.03. The van der Waals surface area contributed by atoms with Gasteiger partial charge in [0, 0.05) is 12.1 Å². The van der Waals surface area contributed by atoms with Crippen LogP contribution in [-0.2, 0) is 12.8 Å². The van der Waals surface area contributed by atoms with E-state index in [0.717, 1.165) is 18.4 Å². The summed E-state index contributed by atoms with van der Waals surface area (Å²) in [5.41, 5.74) is 9.13. The summed E-state index contributed by atoms with van der Waals surface area (Å²) in [6, 6.07) is 6.11. The molecule has 0 heterocycles. The van der Waals surface area contributed by atoms with E-state index >= 15 is 0 Å². The lowest BCUT2D eigenvalue weighted by Gasteiger charge is -2.29. The number of hydrogen-bond acceptors (Lipinski definition) is 2. The molecule has 0 bridgehead atoms. The van der Waals surface area contributed by atoms with Crippen LogP contribution in [0.2, 0.25) is 0 Å². The third-order valence-corrected chi connectivity index (χ3v) is 4.66. The van der Waals surface area contributed by atoms with Gasteiger partial charge in [-0.1, -0.05) is 6.07 Å². The van der Waals surface area contributed by atoms with Crippen LogP contribution in [0.25, 0.3) is 0 Å². The van der Waals surface area contributed by atoms with E-state index in [-0.39, 0.29) is 11.4 Å². The Labute approximate surface area is 114 Å². The first-order valence-corrected chi connectivity index (χ1v) is 7.27. The summed E-state index contributed by atoms with van der Waals surface area (Å²) in [7, 11) is 0. The Morgan fingerprint density at radius 2 is 2.11 bits per heavy atom. The molecule has 0 aromatic heterocycles. The molecule has 0 aliphatic heterocycles. The van der Waals surface area contributed by atoms with Gasteiger partial charge in [-0.3, -0.25) is 4.79 Å². The summed E-state index contributed by atoms with van der Waals surface area (Å²) >= 11 is 0. The summed E-state index contributed by atoms with van der Waals surface area (Å²) in [6.45, 7) is 2.57. The Hall–Kier alpha value is -1.35. The Kier molecular flexibility index (Phi) is 3.09. The van der Waals surface area contributed by atoms with E-state index in [4.69, 9.17) is 5.73 Å². The van der Waals surface area contributed by atoms with Crippen molar-refractivity contribution in [1.29, 1.82) is 0 Å². The lowest BCUT2D eigenvalue weighted by atomic mass is 9.95. The zero-order valence-corrected chi connectivity index (χ0v) is 11.5. The van der Waals surface area contributed by atoms with Crippen molar-refractivity contribution in [1.82, 2.24) is 5.32 Å². The normalized spacial score (nSPS) is 20.7. The third kappa shape index (κ3) is 2.39. The fourth-order valence-electron chi connectivity index (χ4n) is 3.08. The van der Waals surface area contributed by atoms with Crippen molar-refractivity contribution < 1.29 is 4.79 Å². The SMILES string of the molecule is CC(CN)(NC(=O)c1ccc2c(c1)CCC2)C1CC1. The molecule has 19 heavy (non-hydrogen) atoms. The standard InChI is InChI=1S/C16H22N2O/c1-16(10-17,14-7-8-14)18-15(19)13-6-5-11-3-2-4-12(11)9-13/h5-6,9,14H,2-4,7-8,10,17H2,1H3,(H,18,19). The number of amides is 1. The number of carbonyl (C=O) groups is 1. The van der Waals surface area contributed by atoms with E-state index in [9.17, 15) is 4.79 Å². The first-order chi connectivity index (χ1) is 9.12. The van der Waals surface area contributed by atoms with E-state index in [1.165, 1.54) is 30.4 Å².